The molecule has 0 aliphatic carbocycles. The molecule has 0 unspecified atom stereocenters. The van der Waals surface area contributed by atoms with Gasteiger partial charge in [0.05, 0.1) is 21.8 Å². The Morgan fingerprint density at radius 2 is 1.64 bits per heavy atom. The molecular weight excluding hydrogens is 355 g/mol. The van der Waals surface area contributed by atoms with Crippen molar-refractivity contribution in [3.63, 3.8) is 0 Å². The summed E-state index contributed by atoms with van der Waals surface area (Å²) in [5.41, 5.74) is -0.296. The molecule has 2 aromatic rings. The van der Waals surface area contributed by atoms with Crippen LogP contribution in [0.4, 0.5) is 13.2 Å². The van der Waals surface area contributed by atoms with Crippen molar-refractivity contribution in [2.45, 2.75) is 24.5 Å². The number of benzene rings is 2. The first-order valence-corrected chi connectivity index (χ1v) is 9.06. The molecule has 0 radical (unpaired) electrons. The van der Waals surface area contributed by atoms with Gasteiger partial charge in [0, 0.05) is 6.54 Å². The third-order valence-electron chi connectivity index (χ3n) is 3.58. The van der Waals surface area contributed by atoms with E-state index in [4.69, 9.17) is 0 Å². The summed E-state index contributed by atoms with van der Waals surface area (Å²) in [4.78, 5) is 12.2. The van der Waals surface area contributed by atoms with Crippen molar-refractivity contribution in [1.82, 2.24) is 5.32 Å². The molecule has 25 heavy (non-hydrogen) atoms. The van der Waals surface area contributed by atoms with Gasteiger partial charge in [-0.15, -0.1) is 0 Å². The van der Waals surface area contributed by atoms with Crippen LogP contribution < -0.4 is 5.32 Å². The van der Waals surface area contributed by atoms with Crippen molar-refractivity contribution in [2.24, 2.45) is 0 Å². The average Bonchev–Trinajstić information content (AvgIpc) is 2.59. The molecule has 0 heterocycles. The Morgan fingerprint density at radius 3 is 2.20 bits per heavy atom. The van der Waals surface area contributed by atoms with E-state index in [9.17, 15) is 26.4 Å². The van der Waals surface area contributed by atoms with E-state index in [1.54, 1.807) is 6.07 Å². The monoisotopic (exact) mass is 371 g/mol. The smallest absolute Gasteiger partial charge is 0.348 e. The van der Waals surface area contributed by atoms with Crippen LogP contribution in [0.1, 0.15) is 28.4 Å². The van der Waals surface area contributed by atoms with E-state index >= 15 is 0 Å². The Hall–Kier alpha value is -2.35. The highest BCUT2D eigenvalue weighted by atomic mass is 32.2. The number of hydrogen-bond acceptors (Lipinski definition) is 3. The van der Waals surface area contributed by atoms with Gasteiger partial charge in [-0.2, -0.15) is 13.2 Å². The molecule has 4 nitrogen and oxygen atoms in total. The number of nitrogens with one attached hydrogen (secondary N) is 1. The minimum absolute atomic E-state index is 0.0104. The molecule has 1 N–H and O–H groups in total. The molecule has 0 atom stereocenters. The van der Waals surface area contributed by atoms with Gasteiger partial charge in [0.2, 0.25) is 0 Å². The van der Waals surface area contributed by atoms with Crippen molar-refractivity contribution in [1.29, 1.82) is 0 Å². The van der Waals surface area contributed by atoms with Crippen molar-refractivity contribution < 1.29 is 26.4 Å². The average molecular weight is 371 g/mol. The molecule has 0 aromatic heterocycles. The molecule has 0 aliphatic heterocycles. The van der Waals surface area contributed by atoms with Crippen molar-refractivity contribution in [3.05, 3.63) is 65.2 Å². The SMILES string of the molecule is CCS(=O)(=O)c1ccccc1C(=O)NCc1ccc(C(F)(F)F)cc1. The fourth-order valence-electron chi connectivity index (χ4n) is 2.17. The number of alkyl halides is 3. The highest BCUT2D eigenvalue weighted by Gasteiger charge is 2.29. The van der Waals surface area contributed by atoms with Gasteiger partial charge < -0.3 is 5.32 Å². The van der Waals surface area contributed by atoms with Gasteiger partial charge in [0.1, 0.15) is 0 Å². The summed E-state index contributed by atoms with van der Waals surface area (Å²) >= 11 is 0. The van der Waals surface area contributed by atoms with Crippen LogP contribution in [0.3, 0.4) is 0 Å². The number of carbonyl (C=O) groups is 1. The molecule has 0 spiro atoms. The number of hydrogen-bond donors (Lipinski definition) is 1. The Balaban J connectivity index is 2.14. The van der Waals surface area contributed by atoms with Crippen LogP contribution in [0.5, 0.6) is 0 Å². The Kier molecular flexibility index (Phi) is 5.52. The summed E-state index contributed by atoms with van der Waals surface area (Å²) in [7, 11) is -3.56. The minimum Gasteiger partial charge on any atom is -0.348 e. The van der Waals surface area contributed by atoms with Crippen molar-refractivity contribution in [2.75, 3.05) is 5.75 Å². The van der Waals surface area contributed by atoms with E-state index in [1.165, 1.54) is 37.3 Å². The third kappa shape index (κ3) is 4.60. The summed E-state index contributed by atoms with van der Waals surface area (Å²) in [6.45, 7) is 1.46. The third-order valence-corrected chi connectivity index (χ3v) is 5.37. The highest BCUT2D eigenvalue weighted by Crippen LogP contribution is 2.29. The molecule has 0 fully saturated rings. The van der Waals surface area contributed by atoms with Crippen LogP contribution in [0, 0.1) is 0 Å². The topological polar surface area (TPSA) is 63.2 Å². The first kappa shape index (κ1) is 19.0. The zero-order chi connectivity index (χ0) is 18.7. The summed E-state index contributed by atoms with van der Waals surface area (Å²) in [5.74, 6) is -0.747. The molecule has 0 saturated heterocycles. The molecule has 8 heteroatoms. The Labute approximate surface area is 143 Å². The fraction of sp³-hybridized carbons (Fsp3) is 0.235. The lowest BCUT2D eigenvalue weighted by molar-refractivity contribution is -0.137. The highest BCUT2D eigenvalue weighted by molar-refractivity contribution is 7.91. The van der Waals surface area contributed by atoms with Gasteiger partial charge >= 0.3 is 6.18 Å². The van der Waals surface area contributed by atoms with Gasteiger partial charge in [-0.1, -0.05) is 31.2 Å². The van der Waals surface area contributed by atoms with Crippen LogP contribution in [0.25, 0.3) is 0 Å². The molecule has 134 valence electrons. The quantitative estimate of drug-likeness (QED) is 0.876. The van der Waals surface area contributed by atoms with Crippen LogP contribution in [-0.2, 0) is 22.6 Å². The van der Waals surface area contributed by atoms with Gasteiger partial charge in [-0.25, -0.2) is 8.42 Å². The van der Waals surface area contributed by atoms with Gasteiger partial charge in [-0.05, 0) is 29.8 Å². The number of carbonyl (C=O) groups excluding carboxylic acids is 1. The normalized spacial score (nSPS) is 12.0. The standard InChI is InChI=1S/C17H16F3NO3S/c1-2-25(23,24)15-6-4-3-5-14(15)16(22)21-11-12-7-9-13(10-8-12)17(18,19)20/h3-10H,2,11H2,1H3,(H,21,22). The van der Waals surface area contributed by atoms with Crippen LogP contribution in [0.2, 0.25) is 0 Å². The van der Waals surface area contributed by atoms with E-state index in [2.05, 4.69) is 5.32 Å². The number of rotatable bonds is 5. The largest absolute Gasteiger partial charge is 0.416 e. The summed E-state index contributed by atoms with van der Waals surface area (Å²) in [6, 6.07) is 10.2. The number of sulfone groups is 1. The zero-order valence-electron chi connectivity index (χ0n) is 13.3. The summed E-state index contributed by atoms with van der Waals surface area (Å²) in [5, 5.41) is 2.53. The van der Waals surface area contributed by atoms with Crippen molar-refractivity contribution >= 4 is 15.7 Å². The van der Waals surface area contributed by atoms with E-state index in [0.29, 0.717) is 5.56 Å². The van der Waals surface area contributed by atoms with E-state index < -0.39 is 27.5 Å². The first-order valence-electron chi connectivity index (χ1n) is 7.41. The molecule has 0 saturated carbocycles. The Bertz CT molecular complexity index is 859. The molecule has 2 aromatic carbocycles. The summed E-state index contributed by atoms with van der Waals surface area (Å²) < 4.78 is 61.6. The van der Waals surface area contributed by atoms with Crippen LogP contribution in [0.15, 0.2) is 53.4 Å². The van der Waals surface area contributed by atoms with Gasteiger partial charge in [0.25, 0.3) is 5.91 Å². The molecule has 1 amide bonds. The lowest BCUT2D eigenvalue weighted by atomic mass is 10.1. The maximum Gasteiger partial charge on any atom is 0.416 e. The Morgan fingerprint density at radius 1 is 1.04 bits per heavy atom. The predicted octanol–water partition coefficient (Wildman–Crippen LogP) is 3.43. The lowest BCUT2D eigenvalue weighted by Gasteiger charge is -2.11. The molecular formula is C17H16F3NO3S. The number of amides is 1. The second-order valence-electron chi connectivity index (χ2n) is 5.28. The zero-order valence-corrected chi connectivity index (χ0v) is 14.1. The maximum absolute atomic E-state index is 12.5. The fourth-order valence-corrected chi connectivity index (χ4v) is 3.26. The molecule has 0 bridgehead atoms. The van der Waals surface area contributed by atoms with E-state index in [1.807, 2.05) is 0 Å². The minimum atomic E-state index is -4.42. The van der Waals surface area contributed by atoms with Gasteiger partial charge in [0.15, 0.2) is 9.84 Å². The molecule has 0 aliphatic rings. The molecule has 2 rings (SSSR count). The maximum atomic E-state index is 12.5. The number of halogens is 3. The predicted molar refractivity (Wildman–Crippen MR) is 86.8 cm³/mol. The lowest BCUT2D eigenvalue weighted by Crippen LogP contribution is -2.25. The van der Waals surface area contributed by atoms with Crippen LogP contribution >= 0.6 is 0 Å². The second kappa shape index (κ2) is 7.26. The second-order valence-corrected chi connectivity index (χ2v) is 7.52. The first-order chi connectivity index (χ1) is 11.6. The van der Waals surface area contributed by atoms with E-state index in [-0.39, 0.29) is 22.8 Å². The van der Waals surface area contributed by atoms with Crippen molar-refractivity contribution in [3.8, 4) is 0 Å². The van der Waals surface area contributed by atoms with Gasteiger partial charge in [-0.3, -0.25) is 4.79 Å². The summed E-state index contributed by atoms with van der Waals surface area (Å²) in [6.07, 6.45) is -4.42. The van der Waals surface area contributed by atoms with Crippen LogP contribution in [-0.4, -0.2) is 20.1 Å². The van der Waals surface area contributed by atoms with E-state index in [0.717, 1.165) is 12.1 Å².